The zero-order valence-electron chi connectivity index (χ0n) is 30.7. The van der Waals surface area contributed by atoms with Crippen molar-refractivity contribution in [2.75, 3.05) is 103 Å². The van der Waals surface area contributed by atoms with Gasteiger partial charge in [-0.15, -0.1) is 0 Å². The molecule has 0 unspecified atom stereocenters. The molecule has 2 saturated carbocycles. The molecular weight excluding hydrogens is 692 g/mol. The summed E-state index contributed by atoms with van der Waals surface area (Å²) in [6, 6.07) is 11.5. The summed E-state index contributed by atoms with van der Waals surface area (Å²) in [6.07, 6.45) is 9.29. The van der Waals surface area contributed by atoms with Gasteiger partial charge in [-0.2, -0.15) is 21.3 Å². The van der Waals surface area contributed by atoms with Crippen LogP contribution in [0.25, 0.3) is 0 Å². The van der Waals surface area contributed by atoms with Crippen molar-refractivity contribution >= 4 is 31.6 Å². The molecule has 0 N–H and O–H groups in total. The van der Waals surface area contributed by atoms with E-state index in [2.05, 4.69) is 4.90 Å². The number of ether oxygens (including phenoxy) is 1. The molecule has 6 rings (SSSR count). The molecule has 0 atom stereocenters. The molecule has 2 saturated heterocycles. The fraction of sp³-hybridized carbons (Fsp3) is 0.676. The maximum Gasteiger partial charge on any atom is 0.282 e. The number of rotatable bonds is 9. The Morgan fingerprint density at radius 3 is 2.00 bits per heavy atom. The quantitative estimate of drug-likeness (QED) is 0.364. The zero-order chi connectivity index (χ0) is 36.2. The molecule has 284 valence electrons. The summed E-state index contributed by atoms with van der Waals surface area (Å²) in [5, 5.41) is 0. The summed E-state index contributed by atoms with van der Waals surface area (Å²) < 4.78 is 81.7. The van der Waals surface area contributed by atoms with Gasteiger partial charge in [0.1, 0.15) is 11.6 Å². The van der Waals surface area contributed by atoms with Gasteiger partial charge in [0.05, 0.1) is 17.7 Å². The van der Waals surface area contributed by atoms with E-state index in [9.17, 15) is 21.2 Å². The topological polar surface area (TPSA) is 97.0 Å². The minimum atomic E-state index is -3.84. The number of halogens is 1. The summed E-state index contributed by atoms with van der Waals surface area (Å²) in [7, 11) is -2.28. The van der Waals surface area contributed by atoms with E-state index in [1.54, 1.807) is 31.1 Å². The lowest BCUT2D eigenvalue weighted by molar-refractivity contribution is 0.175. The second-order valence-electron chi connectivity index (χ2n) is 15.3. The van der Waals surface area contributed by atoms with E-state index < -0.39 is 25.6 Å². The molecular formula is C37H57FN6O5S2. The molecule has 0 aromatic heterocycles. The molecule has 2 aliphatic heterocycles. The molecule has 2 heterocycles. The van der Waals surface area contributed by atoms with Crippen LogP contribution >= 0.6 is 0 Å². The average Bonchev–Trinajstić information content (AvgIpc) is 3.89. The Bertz CT molecular complexity index is 1680. The van der Waals surface area contributed by atoms with Crippen LogP contribution in [0.4, 0.5) is 15.8 Å². The molecule has 2 aliphatic carbocycles. The van der Waals surface area contributed by atoms with Crippen molar-refractivity contribution in [1.29, 1.82) is 0 Å². The van der Waals surface area contributed by atoms with Crippen LogP contribution in [0.15, 0.2) is 47.4 Å². The Morgan fingerprint density at radius 1 is 0.765 bits per heavy atom. The van der Waals surface area contributed by atoms with Crippen molar-refractivity contribution in [2.24, 2.45) is 11.3 Å². The van der Waals surface area contributed by atoms with Gasteiger partial charge in [-0.25, -0.2) is 12.8 Å². The Labute approximate surface area is 305 Å². The number of hydrogen-bond acceptors (Lipinski definition) is 8. The molecule has 14 heteroatoms. The van der Waals surface area contributed by atoms with E-state index in [0.717, 1.165) is 56.7 Å². The molecule has 2 aromatic carbocycles. The van der Waals surface area contributed by atoms with E-state index in [4.69, 9.17) is 4.74 Å². The minimum Gasteiger partial charge on any atom is -0.494 e. The van der Waals surface area contributed by atoms with Gasteiger partial charge >= 0.3 is 0 Å². The highest BCUT2D eigenvalue weighted by molar-refractivity contribution is 7.89. The van der Waals surface area contributed by atoms with Crippen molar-refractivity contribution in [3.8, 4) is 5.75 Å². The van der Waals surface area contributed by atoms with E-state index in [0.29, 0.717) is 64.0 Å². The van der Waals surface area contributed by atoms with E-state index in [1.165, 1.54) is 51.3 Å². The first kappa shape index (κ1) is 38.2. The third kappa shape index (κ3) is 9.18. The number of sulfonamides is 1. The van der Waals surface area contributed by atoms with Gasteiger partial charge < -0.3 is 19.4 Å². The summed E-state index contributed by atoms with van der Waals surface area (Å²) in [5.74, 6) is 0.676. The second kappa shape index (κ2) is 16.3. The highest BCUT2D eigenvalue weighted by Crippen LogP contribution is 2.48. The van der Waals surface area contributed by atoms with Crippen molar-refractivity contribution < 1.29 is 26.0 Å². The largest absolute Gasteiger partial charge is 0.494 e. The Hall–Kier alpha value is -2.49. The van der Waals surface area contributed by atoms with Crippen molar-refractivity contribution in [1.82, 2.24) is 17.8 Å². The molecule has 51 heavy (non-hydrogen) atoms. The van der Waals surface area contributed by atoms with E-state index in [1.807, 2.05) is 36.0 Å². The highest BCUT2D eigenvalue weighted by Gasteiger charge is 2.49. The SMILES string of the molecule is COc1cc(F)ccc1N1CCN(S(=O)(=O)N2CCCN(CC3CCCCC3)CCCN(S(=O)(=O)c3ccc(N(C)C)cc3)CC3(CC3)C2)CC1. The third-order valence-electron chi connectivity index (χ3n) is 11.4. The maximum atomic E-state index is 14.5. The molecule has 11 nitrogen and oxygen atoms in total. The fourth-order valence-corrected chi connectivity index (χ4v) is 11.5. The molecule has 0 bridgehead atoms. The van der Waals surface area contributed by atoms with Crippen LogP contribution in [0.1, 0.15) is 57.8 Å². The second-order valence-corrected chi connectivity index (χ2v) is 19.1. The molecule has 0 radical (unpaired) electrons. The third-order valence-corrected chi connectivity index (χ3v) is 15.2. The van der Waals surface area contributed by atoms with Crippen molar-refractivity contribution in [2.45, 2.75) is 62.7 Å². The van der Waals surface area contributed by atoms with Crippen molar-refractivity contribution in [3.63, 3.8) is 0 Å². The van der Waals surface area contributed by atoms with Crippen LogP contribution in [0.3, 0.4) is 0 Å². The standard InChI is InChI=1S/C37H57FN6O5S2/c1-39(2)33-12-14-34(15-13-33)50(45,46)43-21-7-19-40(28-31-9-5-4-6-10-31)20-8-22-44(30-37(29-43)17-18-37)51(47,48)42-25-23-41(24-26-42)35-16-11-32(38)27-36(35)49-3/h11-16,27,31H,4-10,17-26,28-30H2,1-3H3. The van der Waals surface area contributed by atoms with Crippen LogP contribution in [-0.4, -0.2) is 128 Å². The summed E-state index contributed by atoms with van der Waals surface area (Å²) in [6.45, 7) is 5.45. The maximum absolute atomic E-state index is 14.5. The molecule has 2 aromatic rings. The first-order valence-electron chi connectivity index (χ1n) is 18.7. The number of hydrogen-bond donors (Lipinski definition) is 0. The number of benzene rings is 2. The number of nitrogens with zero attached hydrogens (tertiary/aromatic N) is 6. The van der Waals surface area contributed by atoms with Gasteiger partial charge in [0.15, 0.2) is 0 Å². The van der Waals surface area contributed by atoms with Gasteiger partial charge in [-0.1, -0.05) is 19.3 Å². The highest BCUT2D eigenvalue weighted by atomic mass is 32.2. The normalized spacial score (nSPS) is 22.7. The molecule has 4 aliphatic rings. The first-order chi connectivity index (χ1) is 24.4. The summed E-state index contributed by atoms with van der Waals surface area (Å²) in [5.41, 5.74) is 1.25. The van der Waals surface area contributed by atoms with Crippen LogP contribution < -0.4 is 14.5 Å². The lowest BCUT2D eigenvalue weighted by Gasteiger charge is -2.39. The van der Waals surface area contributed by atoms with E-state index >= 15 is 0 Å². The Kier molecular flexibility index (Phi) is 12.2. The average molecular weight is 749 g/mol. The van der Waals surface area contributed by atoms with Crippen LogP contribution in [0.2, 0.25) is 0 Å². The van der Waals surface area contributed by atoms with Crippen LogP contribution in [-0.2, 0) is 20.2 Å². The number of anilines is 2. The van der Waals surface area contributed by atoms with Gasteiger partial charge in [0.2, 0.25) is 10.0 Å². The number of piperazine rings is 1. The predicted molar refractivity (Wildman–Crippen MR) is 201 cm³/mol. The van der Waals surface area contributed by atoms with Crippen LogP contribution in [0, 0.1) is 17.2 Å². The lowest BCUT2D eigenvalue weighted by atomic mass is 9.89. The minimum absolute atomic E-state index is 0.273. The van der Waals surface area contributed by atoms with Gasteiger partial charge in [-0.05, 0) is 99.3 Å². The summed E-state index contributed by atoms with van der Waals surface area (Å²) >= 11 is 0. The Morgan fingerprint density at radius 2 is 1.39 bits per heavy atom. The smallest absolute Gasteiger partial charge is 0.282 e. The molecule has 4 fully saturated rings. The van der Waals surface area contributed by atoms with Crippen molar-refractivity contribution in [3.05, 3.63) is 48.3 Å². The van der Waals surface area contributed by atoms with Gasteiger partial charge in [0.25, 0.3) is 10.2 Å². The van der Waals surface area contributed by atoms with Gasteiger partial charge in [0, 0.05) is 84.8 Å². The zero-order valence-corrected chi connectivity index (χ0v) is 32.3. The predicted octanol–water partition coefficient (Wildman–Crippen LogP) is 4.72. The molecule has 1 spiro atoms. The lowest BCUT2D eigenvalue weighted by Crippen LogP contribution is -2.55. The monoisotopic (exact) mass is 748 g/mol. The summed E-state index contributed by atoms with van der Waals surface area (Å²) in [4.78, 5) is 6.72. The first-order valence-corrected chi connectivity index (χ1v) is 21.6. The Balaban J connectivity index is 1.22. The van der Waals surface area contributed by atoms with Gasteiger partial charge in [-0.3, -0.25) is 0 Å². The number of methoxy groups -OCH3 is 1. The fourth-order valence-electron chi connectivity index (χ4n) is 8.12. The van der Waals surface area contributed by atoms with Crippen LogP contribution in [0.5, 0.6) is 5.75 Å². The van der Waals surface area contributed by atoms with E-state index in [-0.39, 0.29) is 10.7 Å². The molecule has 0 amide bonds.